The highest BCUT2D eigenvalue weighted by molar-refractivity contribution is 6.74. The van der Waals surface area contributed by atoms with Crippen molar-refractivity contribution in [3.8, 4) is 0 Å². The van der Waals surface area contributed by atoms with E-state index in [0.717, 1.165) is 0 Å². The van der Waals surface area contributed by atoms with E-state index in [1.165, 1.54) is 0 Å². The number of hydrogen-bond donors (Lipinski definition) is 1. The first kappa shape index (κ1) is 28.5. The second-order valence-corrected chi connectivity index (χ2v) is 21.8. The van der Waals surface area contributed by atoms with Gasteiger partial charge in [-0.25, -0.2) is 0 Å². The van der Waals surface area contributed by atoms with Crippen molar-refractivity contribution in [1.82, 2.24) is 0 Å². The van der Waals surface area contributed by atoms with Crippen LogP contribution in [-0.4, -0.2) is 66.2 Å². The van der Waals surface area contributed by atoms with Crippen LogP contribution in [0.4, 0.5) is 0 Å². The Morgan fingerprint density at radius 3 is 1.79 bits per heavy atom. The summed E-state index contributed by atoms with van der Waals surface area (Å²) in [4.78, 5) is 0. The van der Waals surface area contributed by atoms with Crippen LogP contribution in [0.3, 0.4) is 0 Å². The van der Waals surface area contributed by atoms with E-state index < -0.39 is 28.0 Å². The molecule has 1 aliphatic carbocycles. The summed E-state index contributed by atoms with van der Waals surface area (Å²) in [5.41, 5.74) is -1.40. The van der Waals surface area contributed by atoms with Gasteiger partial charge in [-0.1, -0.05) is 41.5 Å². The summed E-state index contributed by atoms with van der Waals surface area (Å²) in [5, 5.41) is 11.5. The number of methoxy groups -OCH3 is 2. The van der Waals surface area contributed by atoms with Gasteiger partial charge in [0.2, 0.25) is 5.79 Å². The van der Waals surface area contributed by atoms with E-state index in [1.54, 1.807) is 38.5 Å². The van der Waals surface area contributed by atoms with E-state index in [4.69, 9.17) is 23.1 Å². The van der Waals surface area contributed by atoms with Gasteiger partial charge in [-0.3, -0.25) is 0 Å². The molecule has 2 rings (SSSR count). The van der Waals surface area contributed by atoms with E-state index in [0.29, 0.717) is 12.4 Å². The Morgan fingerprint density at radius 1 is 0.879 bits per heavy atom. The van der Waals surface area contributed by atoms with Crippen molar-refractivity contribution in [2.24, 2.45) is 0 Å². The third kappa shape index (κ3) is 6.09. The van der Waals surface area contributed by atoms with Crippen LogP contribution in [0.5, 0.6) is 0 Å². The fourth-order valence-corrected chi connectivity index (χ4v) is 5.40. The molecular formula is C25H46O6Si2. The fraction of sp³-hybridized carbons (Fsp3) is 0.760. The Bertz CT molecular complexity index is 766. The van der Waals surface area contributed by atoms with E-state index >= 15 is 0 Å². The van der Waals surface area contributed by atoms with Gasteiger partial charge < -0.3 is 28.2 Å². The molecule has 0 radical (unpaired) electrons. The Morgan fingerprint density at radius 2 is 1.36 bits per heavy atom. The average Bonchev–Trinajstić information content (AvgIpc) is 3.08. The number of rotatable bonds is 8. The lowest BCUT2D eigenvalue weighted by atomic mass is 9.93. The zero-order chi connectivity index (χ0) is 25.5. The van der Waals surface area contributed by atoms with Crippen molar-refractivity contribution in [3.63, 3.8) is 0 Å². The molecule has 0 fully saturated rings. The molecule has 6 nitrogen and oxygen atoms in total. The van der Waals surface area contributed by atoms with E-state index in [2.05, 4.69) is 67.7 Å². The van der Waals surface area contributed by atoms with Crippen LogP contribution in [0.1, 0.15) is 41.5 Å². The zero-order valence-corrected chi connectivity index (χ0v) is 24.7. The highest BCUT2D eigenvalue weighted by Gasteiger charge is 2.47. The molecule has 0 aromatic carbocycles. The van der Waals surface area contributed by atoms with Gasteiger partial charge in [0.15, 0.2) is 22.2 Å². The van der Waals surface area contributed by atoms with Gasteiger partial charge in [-0.05, 0) is 66.6 Å². The molecule has 1 aliphatic heterocycles. The van der Waals surface area contributed by atoms with Crippen molar-refractivity contribution in [1.29, 1.82) is 0 Å². The molecule has 0 unspecified atom stereocenters. The van der Waals surface area contributed by atoms with E-state index in [9.17, 15) is 5.11 Å². The molecular weight excluding hydrogens is 452 g/mol. The summed E-state index contributed by atoms with van der Waals surface area (Å²) in [6.45, 7) is 22.7. The largest absolute Gasteiger partial charge is 0.486 e. The maximum atomic E-state index is 11.4. The van der Waals surface area contributed by atoms with Crippen molar-refractivity contribution < 1.29 is 28.2 Å². The molecule has 33 heavy (non-hydrogen) atoms. The molecule has 0 aromatic heterocycles. The first-order valence-corrected chi connectivity index (χ1v) is 17.6. The average molecular weight is 499 g/mol. The fourth-order valence-electron chi connectivity index (χ4n) is 3.13. The van der Waals surface area contributed by atoms with Crippen molar-refractivity contribution in [2.45, 2.75) is 101 Å². The summed E-state index contributed by atoms with van der Waals surface area (Å²) >= 11 is 0. The molecule has 1 N–H and O–H groups in total. The second-order valence-electron chi connectivity index (χ2n) is 12.2. The summed E-state index contributed by atoms with van der Waals surface area (Å²) < 4.78 is 30.5. The Labute approximate surface area is 203 Å². The van der Waals surface area contributed by atoms with Gasteiger partial charge in [-0.2, -0.15) is 0 Å². The third-order valence-electron chi connectivity index (χ3n) is 7.78. The van der Waals surface area contributed by atoms with Gasteiger partial charge in [0.1, 0.15) is 18.0 Å². The molecule has 0 saturated heterocycles. The van der Waals surface area contributed by atoms with Crippen molar-refractivity contribution in [3.05, 3.63) is 36.1 Å². The lowest BCUT2D eigenvalue weighted by Gasteiger charge is -2.40. The summed E-state index contributed by atoms with van der Waals surface area (Å²) in [7, 11) is -0.944. The molecule has 0 spiro atoms. The van der Waals surface area contributed by atoms with Crippen molar-refractivity contribution >= 4 is 16.6 Å². The SMILES string of the molecule is COC1(OC)C=CC(O)(C2=C[C@H](O[Si](C)(C)C(C)(C)C)[C@@H](CO[Si](C)(C)C(C)(C)C)O2)C=C1. The summed E-state index contributed by atoms with van der Waals surface area (Å²) in [5.74, 6) is -0.545. The normalized spacial score (nSPS) is 25.2. The van der Waals surface area contributed by atoms with Crippen LogP contribution in [0.2, 0.25) is 36.3 Å². The maximum absolute atomic E-state index is 11.4. The molecule has 8 heteroatoms. The van der Waals surface area contributed by atoms with Gasteiger partial charge >= 0.3 is 0 Å². The predicted octanol–water partition coefficient (Wildman–Crippen LogP) is 5.53. The predicted molar refractivity (Wildman–Crippen MR) is 138 cm³/mol. The van der Waals surface area contributed by atoms with Crippen LogP contribution >= 0.6 is 0 Å². The number of hydrogen-bond acceptors (Lipinski definition) is 6. The molecule has 190 valence electrons. The highest BCUT2D eigenvalue weighted by atomic mass is 28.4. The first-order chi connectivity index (χ1) is 14.8. The molecule has 0 bridgehead atoms. The zero-order valence-electron chi connectivity index (χ0n) is 22.7. The minimum absolute atomic E-state index is 0.0481. The van der Waals surface area contributed by atoms with Gasteiger partial charge in [0.05, 0.1) is 6.61 Å². The van der Waals surface area contributed by atoms with Crippen LogP contribution in [-0.2, 0) is 23.1 Å². The quantitative estimate of drug-likeness (QED) is 0.270. The monoisotopic (exact) mass is 498 g/mol. The minimum Gasteiger partial charge on any atom is -0.486 e. The highest BCUT2D eigenvalue weighted by Crippen LogP contribution is 2.42. The molecule has 2 aliphatic rings. The van der Waals surface area contributed by atoms with E-state index in [1.807, 2.05) is 6.08 Å². The van der Waals surface area contributed by atoms with Gasteiger partial charge in [0.25, 0.3) is 0 Å². The number of ether oxygens (including phenoxy) is 3. The summed E-state index contributed by atoms with van der Waals surface area (Å²) in [6, 6.07) is 0. The lowest BCUT2D eigenvalue weighted by molar-refractivity contribution is -0.136. The molecule has 0 aromatic rings. The standard InChI is InChI=1S/C25H46O6Si2/c1-22(2,3)32(9,10)29-18-20-19(31-33(11,12)23(4,5)6)17-21(30-20)24(26)13-15-25(27-7,28-8)16-14-24/h13-17,19-20,26H,18H2,1-12H3/t19-,20+/m0/s1. The summed E-state index contributed by atoms with van der Waals surface area (Å²) in [6.07, 6.45) is 7.97. The van der Waals surface area contributed by atoms with Crippen LogP contribution < -0.4 is 0 Å². The molecule has 0 saturated carbocycles. The Hall–Kier alpha value is -0.746. The van der Waals surface area contributed by atoms with Crippen LogP contribution in [0.25, 0.3) is 0 Å². The minimum atomic E-state index is -2.09. The van der Waals surface area contributed by atoms with Crippen LogP contribution in [0.15, 0.2) is 36.1 Å². The van der Waals surface area contributed by atoms with Crippen LogP contribution in [0, 0.1) is 0 Å². The molecule has 1 heterocycles. The van der Waals surface area contributed by atoms with Gasteiger partial charge in [0, 0.05) is 14.2 Å². The third-order valence-corrected chi connectivity index (χ3v) is 16.8. The smallest absolute Gasteiger partial charge is 0.207 e. The van der Waals surface area contributed by atoms with Crippen molar-refractivity contribution in [2.75, 3.05) is 20.8 Å². The molecule has 0 amide bonds. The number of aliphatic hydroxyl groups is 1. The second kappa shape index (κ2) is 9.37. The maximum Gasteiger partial charge on any atom is 0.207 e. The Balaban J connectivity index is 2.32. The Kier molecular flexibility index (Phi) is 8.09. The first-order valence-electron chi connectivity index (χ1n) is 11.8. The lowest BCUT2D eigenvalue weighted by Crippen LogP contribution is -2.48. The molecule has 2 atom stereocenters. The topological polar surface area (TPSA) is 66.4 Å². The van der Waals surface area contributed by atoms with Gasteiger partial charge in [-0.15, -0.1) is 0 Å². The van der Waals surface area contributed by atoms with E-state index in [-0.39, 0.29) is 22.3 Å².